The number of carbonyl (C=O) groups excluding carboxylic acids is 2. The quantitative estimate of drug-likeness (QED) is 0.209. The Bertz CT molecular complexity index is 1690. The lowest BCUT2D eigenvalue weighted by atomic mass is 10.3. The van der Waals surface area contributed by atoms with Crippen LogP contribution in [0, 0.1) is 11.8 Å². The maximum atomic E-state index is 12.6. The van der Waals surface area contributed by atoms with Crippen molar-refractivity contribution in [1.29, 1.82) is 0 Å². The van der Waals surface area contributed by atoms with Crippen molar-refractivity contribution >= 4 is 44.8 Å². The number of sulfone groups is 1. The van der Waals surface area contributed by atoms with E-state index in [-0.39, 0.29) is 42.1 Å². The molecular weight excluding hydrogens is 653 g/mol. The molecule has 0 aliphatic carbocycles. The van der Waals surface area contributed by atoms with Gasteiger partial charge in [0.1, 0.15) is 17.7 Å². The summed E-state index contributed by atoms with van der Waals surface area (Å²) in [4.78, 5) is 43.6. The van der Waals surface area contributed by atoms with E-state index in [9.17, 15) is 18.0 Å². The van der Waals surface area contributed by atoms with Gasteiger partial charge < -0.3 is 19.8 Å². The van der Waals surface area contributed by atoms with Gasteiger partial charge in [-0.15, -0.1) is 0 Å². The molecule has 0 aliphatic rings. The Morgan fingerprint density at radius 1 is 0.958 bits per heavy atom. The van der Waals surface area contributed by atoms with Crippen molar-refractivity contribution in [3.63, 3.8) is 0 Å². The fraction of sp³-hybridized carbons (Fsp3) is 0.455. The maximum absolute atomic E-state index is 12.6. The standard InChI is InChI=1S/C16H22N4O3S.C16H22N4OS.CH4.H2O/c1-12(2)10-24(22,23)11-15-18-9-14(20(15)4)16(21)19(3)13-6-5-7-17-8-13;1-12(2)10-22-11-15-18-9-14(20(15)4)16(21)19(3)13-6-5-7-17-8-13;;/h5-9,12H,10-11H2,1-4H3;5-9,12H,10-11H2,1-4H3;1H4;1H2. The molecule has 0 unspecified atom stereocenters. The third-order valence-corrected chi connectivity index (χ3v) is 10.2. The SMILES string of the molecule is C.CC(C)CS(=O)(=O)Cc1[nH]cc(C(=O)N(C)c2cccnc2)[n+]1C.CC(C)CSCc1ncc(C(=O)N(C)c2cccnc2)n1C.[OH-]. The van der Waals surface area contributed by atoms with Crippen molar-refractivity contribution in [2.24, 2.45) is 25.9 Å². The van der Waals surface area contributed by atoms with Gasteiger partial charge in [-0.1, -0.05) is 35.1 Å². The van der Waals surface area contributed by atoms with Gasteiger partial charge in [0.25, 0.3) is 11.7 Å². The number of pyridine rings is 2. The summed E-state index contributed by atoms with van der Waals surface area (Å²) in [5, 5.41) is 0. The lowest BCUT2D eigenvalue weighted by molar-refractivity contribution is -0.678. The molecule has 2 N–H and O–H groups in total. The van der Waals surface area contributed by atoms with Gasteiger partial charge in [-0.25, -0.2) is 23.0 Å². The number of imidazole rings is 2. The highest BCUT2D eigenvalue weighted by molar-refractivity contribution is 7.98. The lowest BCUT2D eigenvalue weighted by Gasteiger charge is -2.17. The molecule has 0 spiro atoms. The number of rotatable bonds is 12. The number of carbonyl (C=O) groups is 2. The second-order valence-electron chi connectivity index (χ2n) is 11.8. The van der Waals surface area contributed by atoms with E-state index >= 15 is 0 Å². The van der Waals surface area contributed by atoms with Crippen LogP contribution in [0.4, 0.5) is 11.4 Å². The molecule has 4 aromatic heterocycles. The Hall–Kier alpha value is -4.08. The molecule has 4 rings (SSSR count). The summed E-state index contributed by atoms with van der Waals surface area (Å²) in [6, 6.07) is 7.21. The highest BCUT2D eigenvalue weighted by atomic mass is 32.2. The zero-order valence-corrected chi connectivity index (χ0v) is 29.9. The Morgan fingerprint density at radius 3 is 2.02 bits per heavy atom. The molecule has 0 fully saturated rings. The number of aromatic amines is 1. The minimum atomic E-state index is -3.23. The number of nitrogens with zero attached hydrogens (tertiary/aromatic N) is 7. The third kappa shape index (κ3) is 11.6. The summed E-state index contributed by atoms with van der Waals surface area (Å²) in [5.41, 5.74) is 2.41. The Morgan fingerprint density at radius 2 is 1.52 bits per heavy atom. The number of hydrogen-bond acceptors (Lipinski definition) is 9. The van der Waals surface area contributed by atoms with Crippen LogP contribution in [-0.4, -0.2) is 75.8 Å². The van der Waals surface area contributed by atoms with E-state index in [4.69, 9.17) is 0 Å². The van der Waals surface area contributed by atoms with Crippen LogP contribution in [-0.2, 0) is 35.4 Å². The predicted octanol–water partition coefficient (Wildman–Crippen LogP) is 4.52. The first-order valence-electron chi connectivity index (χ1n) is 14.9. The predicted molar refractivity (Wildman–Crippen MR) is 191 cm³/mol. The van der Waals surface area contributed by atoms with Crippen LogP contribution in [0.2, 0.25) is 0 Å². The van der Waals surface area contributed by atoms with E-state index in [1.165, 1.54) is 11.1 Å². The van der Waals surface area contributed by atoms with Crippen molar-refractivity contribution < 1.29 is 28.1 Å². The van der Waals surface area contributed by atoms with Crippen LogP contribution in [0.3, 0.4) is 0 Å². The van der Waals surface area contributed by atoms with Gasteiger partial charge in [-0.3, -0.25) is 19.6 Å². The number of amides is 2. The van der Waals surface area contributed by atoms with Gasteiger partial charge >= 0.3 is 5.91 Å². The van der Waals surface area contributed by atoms with Crippen molar-refractivity contribution in [3.8, 4) is 0 Å². The van der Waals surface area contributed by atoms with Crippen LogP contribution < -0.4 is 14.4 Å². The first kappa shape index (κ1) is 41.9. The number of anilines is 2. The summed E-state index contributed by atoms with van der Waals surface area (Å²) in [6.07, 6.45) is 9.79. The molecule has 4 aromatic rings. The largest absolute Gasteiger partial charge is 0.870 e. The fourth-order valence-corrected chi connectivity index (χ4v) is 7.33. The van der Waals surface area contributed by atoms with Crippen molar-refractivity contribution in [1.82, 2.24) is 24.5 Å². The molecule has 264 valence electrons. The Labute approximate surface area is 289 Å². The van der Waals surface area contributed by atoms with Gasteiger partial charge in [0.2, 0.25) is 5.69 Å². The molecule has 0 saturated heterocycles. The minimum Gasteiger partial charge on any atom is -0.870 e. The number of H-pyrrole nitrogens is 1. The molecule has 0 atom stereocenters. The molecule has 0 bridgehead atoms. The smallest absolute Gasteiger partial charge is 0.301 e. The maximum Gasteiger partial charge on any atom is 0.301 e. The molecule has 0 saturated carbocycles. The second kappa shape index (κ2) is 19.1. The van der Waals surface area contributed by atoms with E-state index in [1.807, 2.05) is 49.4 Å². The fourth-order valence-electron chi connectivity index (χ4n) is 4.46. The highest BCUT2D eigenvalue weighted by Crippen LogP contribution is 2.18. The van der Waals surface area contributed by atoms with Gasteiger partial charge in [0.05, 0.1) is 48.5 Å². The molecule has 0 radical (unpaired) electrons. The van der Waals surface area contributed by atoms with E-state index in [2.05, 4.69) is 33.8 Å². The van der Waals surface area contributed by atoms with E-state index in [0.717, 1.165) is 23.0 Å². The normalized spacial score (nSPS) is 10.9. The monoisotopic (exact) mass is 702 g/mol. The molecule has 15 heteroatoms. The second-order valence-corrected chi connectivity index (χ2v) is 14.9. The van der Waals surface area contributed by atoms with Crippen LogP contribution in [0.15, 0.2) is 61.4 Å². The molecular formula is C33H50N8O5S2. The van der Waals surface area contributed by atoms with Crippen molar-refractivity contribution in [3.05, 3.63) is 84.5 Å². The van der Waals surface area contributed by atoms with Crippen LogP contribution in [0.25, 0.3) is 0 Å². The minimum absolute atomic E-state index is 0. The number of thioether (sulfide) groups is 1. The average molecular weight is 703 g/mol. The summed E-state index contributed by atoms with van der Waals surface area (Å²) in [7, 11) is 3.75. The van der Waals surface area contributed by atoms with Crippen LogP contribution in [0.1, 0.15) is 67.7 Å². The topological polar surface area (TPSA) is 168 Å². The first-order valence-corrected chi connectivity index (χ1v) is 17.9. The van der Waals surface area contributed by atoms with E-state index < -0.39 is 9.84 Å². The molecule has 13 nitrogen and oxygen atoms in total. The Kier molecular flexibility index (Phi) is 16.6. The third-order valence-electron chi connectivity index (χ3n) is 6.97. The first-order chi connectivity index (χ1) is 21.7. The molecule has 48 heavy (non-hydrogen) atoms. The zero-order chi connectivity index (χ0) is 34.0. The highest BCUT2D eigenvalue weighted by Gasteiger charge is 2.28. The van der Waals surface area contributed by atoms with Gasteiger partial charge in [-0.05, 0) is 41.9 Å². The number of nitrogens with one attached hydrogen (secondary N) is 1. The summed E-state index contributed by atoms with van der Waals surface area (Å²) in [6.45, 7) is 8.13. The van der Waals surface area contributed by atoms with E-state index in [1.54, 1.807) is 73.7 Å². The molecule has 4 heterocycles. The number of aromatic nitrogens is 6. The Balaban J connectivity index is 0.000000462. The van der Waals surface area contributed by atoms with Gasteiger partial charge in [-0.2, -0.15) is 11.8 Å². The summed E-state index contributed by atoms with van der Waals surface area (Å²) >= 11 is 1.84. The van der Waals surface area contributed by atoms with Crippen LogP contribution >= 0.6 is 11.8 Å². The summed E-state index contributed by atoms with van der Waals surface area (Å²) in [5.74, 6) is 3.71. The average Bonchev–Trinajstić information content (AvgIpc) is 3.56. The molecule has 2 amide bonds. The van der Waals surface area contributed by atoms with E-state index in [0.29, 0.717) is 28.8 Å². The van der Waals surface area contributed by atoms with Gasteiger partial charge in [0.15, 0.2) is 15.6 Å². The number of hydrogen-bond donors (Lipinski definition) is 1. The molecule has 0 aliphatic heterocycles. The van der Waals surface area contributed by atoms with Crippen LogP contribution in [0.5, 0.6) is 0 Å². The van der Waals surface area contributed by atoms with Crippen molar-refractivity contribution in [2.45, 2.75) is 46.6 Å². The van der Waals surface area contributed by atoms with Crippen molar-refractivity contribution in [2.75, 3.05) is 35.4 Å². The van der Waals surface area contributed by atoms with Gasteiger partial charge in [0, 0.05) is 33.5 Å². The zero-order valence-electron chi connectivity index (χ0n) is 28.3. The molecule has 0 aromatic carbocycles. The summed E-state index contributed by atoms with van der Waals surface area (Å²) < 4.78 is 27.8. The lowest BCUT2D eigenvalue weighted by Crippen LogP contribution is -2.42.